The van der Waals surface area contributed by atoms with Crippen molar-refractivity contribution in [2.75, 3.05) is 0 Å². The van der Waals surface area contributed by atoms with Crippen molar-refractivity contribution in [3.05, 3.63) is 36.4 Å². The highest BCUT2D eigenvalue weighted by Gasteiger charge is 2.18. The molecule has 16 heavy (non-hydrogen) atoms. The Labute approximate surface area is 95.2 Å². The molecule has 0 fully saturated rings. The van der Waals surface area contributed by atoms with E-state index in [4.69, 9.17) is 0 Å². The molecule has 2 aromatic rings. The second-order valence-corrected chi connectivity index (χ2v) is 4.41. The molecule has 1 aliphatic heterocycles. The molecular formula is C13H15N3. The van der Waals surface area contributed by atoms with Gasteiger partial charge in [-0.25, -0.2) is 4.98 Å². The fraction of sp³-hybridized carbons (Fsp3) is 0.385. The van der Waals surface area contributed by atoms with Crippen LogP contribution in [0, 0.1) is 0 Å². The van der Waals surface area contributed by atoms with Crippen LogP contribution in [-0.2, 0) is 6.42 Å². The zero-order valence-electron chi connectivity index (χ0n) is 9.43. The second-order valence-electron chi connectivity index (χ2n) is 4.41. The molecule has 3 heteroatoms. The maximum atomic E-state index is 4.67. The van der Waals surface area contributed by atoms with E-state index in [1.807, 2.05) is 24.4 Å². The molecule has 0 saturated carbocycles. The van der Waals surface area contributed by atoms with Gasteiger partial charge in [-0.15, -0.1) is 0 Å². The molecule has 0 saturated heterocycles. The van der Waals surface area contributed by atoms with E-state index in [2.05, 4.69) is 27.7 Å². The van der Waals surface area contributed by atoms with E-state index in [0.29, 0.717) is 6.04 Å². The Hall–Kier alpha value is -1.64. The summed E-state index contributed by atoms with van der Waals surface area (Å²) in [7, 11) is 0. The van der Waals surface area contributed by atoms with Gasteiger partial charge in [-0.1, -0.05) is 6.07 Å². The summed E-state index contributed by atoms with van der Waals surface area (Å²) in [5, 5.41) is 0. The van der Waals surface area contributed by atoms with E-state index in [-0.39, 0.29) is 0 Å². The number of fused-ring (bicyclic) bond motifs is 1. The van der Waals surface area contributed by atoms with Gasteiger partial charge in [0.25, 0.3) is 0 Å². The fourth-order valence-electron chi connectivity index (χ4n) is 2.33. The van der Waals surface area contributed by atoms with Crippen molar-refractivity contribution < 1.29 is 0 Å². The highest BCUT2D eigenvalue weighted by atomic mass is 15.1. The molecule has 0 N–H and O–H groups in total. The Morgan fingerprint density at radius 3 is 3.00 bits per heavy atom. The van der Waals surface area contributed by atoms with Crippen LogP contribution in [-0.4, -0.2) is 14.5 Å². The lowest BCUT2D eigenvalue weighted by Crippen LogP contribution is -2.14. The van der Waals surface area contributed by atoms with Gasteiger partial charge in [-0.2, -0.15) is 0 Å². The fourth-order valence-corrected chi connectivity index (χ4v) is 2.33. The molecule has 3 nitrogen and oxygen atoms in total. The third kappa shape index (κ3) is 1.52. The molecule has 3 rings (SSSR count). The van der Waals surface area contributed by atoms with Crippen LogP contribution in [0.3, 0.4) is 0 Å². The van der Waals surface area contributed by atoms with Gasteiger partial charge in [0.15, 0.2) is 0 Å². The Balaban J connectivity index is 2.05. The summed E-state index contributed by atoms with van der Waals surface area (Å²) in [5.74, 6) is 1.21. The van der Waals surface area contributed by atoms with E-state index in [9.17, 15) is 0 Å². The van der Waals surface area contributed by atoms with Crippen molar-refractivity contribution in [1.82, 2.24) is 14.5 Å². The molecule has 0 radical (unpaired) electrons. The van der Waals surface area contributed by atoms with Gasteiger partial charge in [-0.3, -0.25) is 4.98 Å². The van der Waals surface area contributed by atoms with Crippen LogP contribution in [0.25, 0.3) is 11.4 Å². The van der Waals surface area contributed by atoms with E-state index < -0.39 is 0 Å². The minimum absolute atomic E-state index is 0.578. The zero-order valence-corrected chi connectivity index (χ0v) is 9.43. The zero-order chi connectivity index (χ0) is 11.0. The largest absolute Gasteiger partial charge is 0.331 e. The van der Waals surface area contributed by atoms with Crippen molar-refractivity contribution in [2.24, 2.45) is 0 Å². The molecule has 1 atom stereocenters. The van der Waals surface area contributed by atoms with Crippen LogP contribution in [0.1, 0.15) is 31.6 Å². The summed E-state index contributed by atoms with van der Waals surface area (Å²) in [6, 6.07) is 6.53. The first-order valence-electron chi connectivity index (χ1n) is 5.84. The average Bonchev–Trinajstić information content (AvgIpc) is 2.76. The lowest BCUT2D eigenvalue weighted by Gasteiger charge is -2.20. The second kappa shape index (κ2) is 3.74. The molecule has 0 aliphatic carbocycles. The first-order chi connectivity index (χ1) is 7.84. The molecule has 0 amide bonds. The van der Waals surface area contributed by atoms with Gasteiger partial charge in [0.05, 0.1) is 5.69 Å². The number of hydrogen-bond donors (Lipinski definition) is 0. The predicted molar refractivity (Wildman–Crippen MR) is 63.1 cm³/mol. The monoisotopic (exact) mass is 213 g/mol. The maximum Gasteiger partial charge on any atom is 0.109 e. The molecule has 2 aromatic heterocycles. The Morgan fingerprint density at radius 2 is 2.25 bits per heavy atom. The summed E-state index contributed by atoms with van der Waals surface area (Å²) in [6.07, 6.45) is 7.56. The number of pyridine rings is 1. The number of aromatic nitrogens is 3. The van der Waals surface area contributed by atoms with Crippen molar-refractivity contribution in [2.45, 2.75) is 32.2 Å². The predicted octanol–water partition coefficient (Wildman–Crippen LogP) is 2.84. The molecule has 0 unspecified atom stereocenters. The number of aryl methyl sites for hydroxylation is 1. The SMILES string of the molecule is C[C@H]1CCCc2nc(-c3ccccn3)cn21. The molecule has 0 spiro atoms. The summed E-state index contributed by atoms with van der Waals surface area (Å²) in [6.45, 7) is 2.26. The molecule has 82 valence electrons. The van der Waals surface area contributed by atoms with Crippen LogP contribution < -0.4 is 0 Å². The first-order valence-corrected chi connectivity index (χ1v) is 5.84. The molecule has 3 heterocycles. The quantitative estimate of drug-likeness (QED) is 0.729. The average molecular weight is 213 g/mol. The third-order valence-corrected chi connectivity index (χ3v) is 3.23. The van der Waals surface area contributed by atoms with Gasteiger partial charge in [0.2, 0.25) is 0 Å². The maximum absolute atomic E-state index is 4.67. The van der Waals surface area contributed by atoms with Crippen molar-refractivity contribution in [3.63, 3.8) is 0 Å². The van der Waals surface area contributed by atoms with Crippen LogP contribution in [0.5, 0.6) is 0 Å². The van der Waals surface area contributed by atoms with Crippen LogP contribution in [0.2, 0.25) is 0 Å². The van der Waals surface area contributed by atoms with Gasteiger partial charge >= 0.3 is 0 Å². The number of nitrogens with zero attached hydrogens (tertiary/aromatic N) is 3. The molecule has 0 bridgehead atoms. The Morgan fingerprint density at radius 1 is 1.31 bits per heavy atom. The lowest BCUT2D eigenvalue weighted by molar-refractivity contribution is 0.426. The van der Waals surface area contributed by atoms with Crippen LogP contribution in [0.15, 0.2) is 30.6 Å². The Kier molecular flexibility index (Phi) is 2.24. The minimum atomic E-state index is 0.578. The summed E-state index contributed by atoms with van der Waals surface area (Å²) >= 11 is 0. The van der Waals surface area contributed by atoms with E-state index in [1.54, 1.807) is 0 Å². The first kappa shape index (κ1) is 9.58. The van der Waals surface area contributed by atoms with Crippen LogP contribution >= 0.6 is 0 Å². The van der Waals surface area contributed by atoms with Crippen molar-refractivity contribution in [3.8, 4) is 11.4 Å². The van der Waals surface area contributed by atoms with E-state index >= 15 is 0 Å². The van der Waals surface area contributed by atoms with Gasteiger partial charge in [0.1, 0.15) is 11.5 Å². The molecular weight excluding hydrogens is 198 g/mol. The third-order valence-electron chi connectivity index (χ3n) is 3.23. The van der Waals surface area contributed by atoms with Crippen molar-refractivity contribution >= 4 is 0 Å². The molecule has 1 aliphatic rings. The topological polar surface area (TPSA) is 30.7 Å². The highest BCUT2D eigenvalue weighted by molar-refractivity contribution is 5.53. The van der Waals surface area contributed by atoms with E-state index in [0.717, 1.165) is 17.8 Å². The van der Waals surface area contributed by atoms with E-state index in [1.165, 1.54) is 18.7 Å². The normalized spacial score (nSPS) is 19.4. The smallest absolute Gasteiger partial charge is 0.109 e. The standard InChI is InChI=1S/C13H15N3/c1-10-5-4-7-13-15-12(9-16(10)13)11-6-2-3-8-14-11/h2-3,6,8-10H,4-5,7H2,1H3/t10-/m0/s1. The lowest BCUT2D eigenvalue weighted by atomic mass is 10.1. The number of rotatable bonds is 1. The highest BCUT2D eigenvalue weighted by Crippen LogP contribution is 2.27. The summed E-state index contributed by atoms with van der Waals surface area (Å²) in [4.78, 5) is 9.01. The minimum Gasteiger partial charge on any atom is -0.331 e. The van der Waals surface area contributed by atoms with Gasteiger partial charge in [-0.05, 0) is 31.9 Å². The van der Waals surface area contributed by atoms with Gasteiger partial charge in [0, 0.05) is 24.9 Å². The number of imidazole rings is 1. The van der Waals surface area contributed by atoms with Gasteiger partial charge < -0.3 is 4.57 Å². The van der Waals surface area contributed by atoms with Crippen LogP contribution in [0.4, 0.5) is 0 Å². The number of hydrogen-bond acceptors (Lipinski definition) is 2. The van der Waals surface area contributed by atoms with Crippen molar-refractivity contribution in [1.29, 1.82) is 0 Å². The molecule has 0 aromatic carbocycles. The summed E-state index contributed by atoms with van der Waals surface area (Å²) < 4.78 is 2.30. The summed E-state index contributed by atoms with van der Waals surface area (Å²) in [5.41, 5.74) is 1.97. The Bertz CT molecular complexity index is 487.